The maximum Gasteiger partial charge on any atom is 0.156 e. The molecule has 0 fully saturated rings. The maximum atomic E-state index is 5.64. The Balaban J connectivity index is 2.49. The number of rotatable bonds is 2. The predicted octanol–water partition coefficient (Wildman–Crippen LogP) is 1.97. The van der Waals surface area contributed by atoms with Gasteiger partial charge in [0.2, 0.25) is 0 Å². The van der Waals surface area contributed by atoms with E-state index in [1.165, 1.54) is 0 Å². The molecule has 0 aliphatic rings. The van der Waals surface area contributed by atoms with Crippen LogP contribution in [0.25, 0.3) is 5.82 Å². The lowest BCUT2D eigenvalue weighted by atomic mass is 10.1. The van der Waals surface area contributed by atoms with Crippen LogP contribution in [0.15, 0.2) is 30.5 Å². The lowest BCUT2D eigenvalue weighted by molar-refractivity contribution is 0.722. The summed E-state index contributed by atoms with van der Waals surface area (Å²) in [5.74, 6) is 1.69. The van der Waals surface area contributed by atoms with Gasteiger partial charge in [-0.05, 0) is 24.1 Å². The zero-order valence-corrected chi connectivity index (χ0v) is 8.88. The molecule has 0 aromatic carbocycles. The SMILES string of the molecule is CC(C)c1ccnn1-c1cccc(N)n1. The van der Waals surface area contributed by atoms with E-state index in [-0.39, 0.29) is 0 Å². The lowest BCUT2D eigenvalue weighted by Crippen LogP contribution is -2.06. The third-order valence-electron chi connectivity index (χ3n) is 2.24. The third-order valence-corrected chi connectivity index (χ3v) is 2.24. The standard InChI is InChI=1S/C11H14N4/c1-8(2)9-6-7-13-15(9)11-5-3-4-10(12)14-11/h3-8H,1-2H3,(H2,12,14). The molecule has 0 atom stereocenters. The van der Waals surface area contributed by atoms with Gasteiger partial charge in [-0.3, -0.25) is 0 Å². The number of hydrogen-bond acceptors (Lipinski definition) is 3. The zero-order valence-electron chi connectivity index (χ0n) is 8.88. The molecule has 0 spiro atoms. The first-order valence-corrected chi connectivity index (χ1v) is 4.95. The zero-order chi connectivity index (χ0) is 10.8. The van der Waals surface area contributed by atoms with E-state index in [9.17, 15) is 0 Å². The van der Waals surface area contributed by atoms with E-state index in [1.807, 2.05) is 22.9 Å². The lowest BCUT2D eigenvalue weighted by Gasteiger charge is -2.09. The molecule has 2 N–H and O–H groups in total. The third kappa shape index (κ3) is 1.83. The molecule has 0 saturated carbocycles. The number of aromatic nitrogens is 3. The van der Waals surface area contributed by atoms with Crippen LogP contribution in [0.4, 0.5) is 5.82 Å². The minimum atomic E-state index is 0.413. The van der Waals surface area contributed by atoms with Crippen molar-refractivity contribution in [2.24, 2.45) is 0 Å². The molecule has 4 heteroatoms. The fraction of sp³-hybridized carbons (Fsp3) is 0.273. The average Bonchev–Trinajstić information content (AvgIpc) is 2.65. The van der Waals surface area contributed by atoms with Gasteiger partial charge in [0, 0.05) is 11.9 Å². The molecule has 0 amide bonds. The summed E-state index contributed by atoms with van der Waals surface area (Å²) in [7, 11) is 0. The molecular formula is C11H14N4. The molecule has 2 rings (SSSR count). The number of hydrogen-bond donors (Lipinski definition) is 1. The quantitative estimate of drug-likeness (QED) is 0.810. The highest BCUT2D eigenvalue weighted by Gasteiger charge is 2.08. The van der Waals surface area contributed by atoms with Crippen molar-refractivity contribution in [2.45, 2.75) is 19.8 Å². The van der Waals surface area contributed by atoms with Crippen molar-refractivity contribution in [1.29, 1.82) is 0 Å². The summed E-state index contributed by atoms with van der Waals surface area (Å²) in [5, 5.41) is 4.25. The number of nitrogens with zero attached hydrogens (tertiary/aromatic N) is 3. The van der Waals surface area contributed by atoms with Gasteiger partial charge in [0.25, 0.3) is 0 Å². The van der Waals surface area contributed by atoms with E-state index in [4.69, 9.17) is 5.73 Å². The molecule has 2 heterocycles. The highest BCUT2D eigenvalue weighted by Crippen LogP contribution is 2.17. The summed E-state index contributed by atoms with van der Waals surface area (Å²) in [4.78, 5) is 4.24. The van der Waals surface area contributed by atoms with Gasteiger partial charge in [0.15, 0.2) is 5.82 Å². The fourth-order valence-corrected chi connectivity index (χ4v) is 1.50. The summed E-state index contributed by atoms with van der Waals surface area (Å²) >= 11 is 0. The highest BCUT2D eigenvalue weighted by atomic mass is 15.3. The molecule has 0 saturated heterocycles. The topological polar surface area (TPSA) is 56.7 Å². The van der Waals surface area contributed by atoms with Gasteiger partial charge in [-0.25, -0.2) is 9.67 Å². The molecule has 0 bridgehead atoms. The van der Waals surface area contributed by atoms with E-state index in [0.29, 0.717) is 11.7 Å². The molecule has 4 nitrogen and oxygen atoms in total. The second-order valence-electron chi connectivity index (χ2n) is 3.74. The summed E-state index contributed by atoms with van der Waals surface area (Å²) in [5.41, 5.74) is 6.77. The van der Waals surface area contributed by atoms with Crippen LogP contribution < -0.4 is 5.73 Å². The van der Waals surface area contributed by atoms with Gasteiger partial charge < -0.3 is 5.73 Å². The Labute approximate surface area is 88.8 Å². The number of pyridine rings is 1. The van der Waals surface area contributed by atoms with Crippen LogP contribution in [0.2, 0.25) is 0 Å². The van der Waals surface area contributed by atoms with Crippen LogP contribution in [0, 0.1) is 0 Å². The second kappa shape index (κ2) is 3.73. The largest absolute Gasteiger partial charge is 0.384 e. The first-order valence-electron chi connectivity index (χ1n) is 4.95. The minimum absolute atomic E-state index is 0.413. The van der Waals surface area contributed by atoms with E-state index >= 15 is 0 Å². The van der Waals surface area contributed by atoms with Crippen molar-refractivity contribution in [3.63, 3.8) is 0 Å². The van der Waals surface area contributed by atoms with E-state index in [0.717, 1.165) is 11.5 Å². The Kier molecular flexibility index (Phi) is 2.41. The van der Waals surface area contributed by atoms with Gasteiger partial charge in [-0.15, -0.1) is 0 Å². The first kappa shape index (κ1) is 9.71. The monoisotopic (exact) mass is 202 g/mol. The second-order valence-corrected chi connectivity index (χ2v) is 3.74. The Hall–Kier alpha value is -1.84. The molecule has 2 aromatic heterocycles. The number of anilines is 1. The normalized spacial score (nSPS) is 10.9. The Morgan fingerprint density at radius 1 is 1.27 bits per heavy atom. The average molecular weight is 202 g/mol. The highest BCUT2D eigenvalue weighted by molar-refractivity contribution is 5.36. The summed E-state index contributed by atoms with van der Waals surface area (Å²) in [6, 6.07) is 7.54. The summed E-state index contributed by atoms with van der Waals surface area (Å²) in [6.45, 7) is 4.25. The Morgan fingerprint density at radius 3 is 2.73 bits per heavy atom. The maximum absolute atomic E-state index is 5.64. The Morgan fingerprint density at radius 2 is 2.07 bits per heavy atom. The molecule has 78 valence electrons. The minimum Gasteiger partial charge on any atom is -0.384 e. The number of nitrogen functional groups attached to an aromatic ring is 1. The van der Waals surface area contributed by atoms with Crippen molar-refractivity contribution in [1.82, 2.24) is 14.8 Å². The van der Waals surface area contributed by atoms with E-state index in [2.05, 4.69) is 23.9 Å². The fourth-order valence-electron chi connectivity index (χ4n) is 1.50. The predicted molar refractivity (Wildman–Crippen MR) is 59.9 cm³/mol. The van der Waals surface area contributed by atoms with Crippen molar-refractivity contribution < 1.29 is 0 Å². The molecule has 15 heavy (non-hydrogen) atoms. The van der Waals surface area contributed by atoms with Crippen LogP contribution in [-0.2, 0) is 0 Å². The van der Waals surface area contributed by atoms with Gasteiger partial charge in [0.05, 0.1) is 0 Å². The van der Waals surface area contributed by atoms with Crippen LogP contribution in [0.1, 0.15) is 25.5 Å². The molecule has 2 aromatic rings. The summed E-state index contributed by atoms with van der Waals surface area (Å²) in [6.07, 6.45) is 1.78. The summed E-state index contributed by atoms with van der Waals surface area (Å²) < 4.78 is 1.82. The van der Waals surface area contributed by atoms with Gasteiger partial charge in [0.1, 0.15) is 5.82 Å². The van der Waals surface area contributed by atoms with Crippen LogP contribution in [0.3, 0.4) is 0 Å². The van der Waals surface area contributed by atoms with Crippen molar-refractivity contribution in [2.75, 3.05) is 5.73 Å². The van der Waals surface area contributed by atoms with E-state index < -0.39 is 0 Å². The van der Waals surface area contributed by atoms with Crippen molar-refractivity contribution in [3.05, 3.63) is 36.2 Å². The van der Waals surface area contributed by atoms with Crippen LogP contribution >= 0.6 is 0 Å². The molecule has 0 unspecified atom stereocenters. The van der Waals surface area contributed by atoms with Crippen LogP contribution in [-0.4, -0.2) is 14.8 Å². The molecule has 0 aliphatic carbocycles. The van der Waals surface area contributed by atoms with Crippen LogP contribution in [0.5, 0.6) is 0 Å². The van der Waals surface area contributed by atoms with Crippen molar-refractivity contribution in [3.8, 4) is 5.82 Å². The molecule has 0 radical (unpaired) electrons. The Bertz CT molecular complexity index is 459. The smallest absolute Gasteiger partial charge is 0.156 e. The number of nitrogens with two attached hydrogens (primary N) is 1. The molecule has 0 aliphatic heterocycles. The van der Waals surface area contributed by atoms with Gasteiger partial charge in [-0.1, -0.05) is 19.9 Å². The van der Waals surface area contributed by atoms with Gasteiger partial charge >= 0.3 is 0 Å². The van der Waals surface area contributed by atoms with E-state index in [1.54, 1.807) is 12.3 Å². The van der Waals surface area contributed by atoms with Crippen molar-refractivity contribution >= 4 is 5.82 Å². The molecular weight excluding hydrogens is 188 g/mol. The van der Waals surface area contributed by atoms with Gasteiger partial charge in [-0.2, -0.15) is 5.10 Å². The first-order chi connectivity index (χ1) is 7.18.